The van der Waals surface area contributed by atoms with Crippen molar-refractivity contribution >= 4 is 41.5 Å². The molecular formula is C14H21ClF2IN3O. The average Bonchev–Trinajstić information content (AvgIpc) is 2.38. The number of hydrogen-bond donors (Lipinski definition) is 2. The van der Waals surface area contributed by atoms with E-state index in [1.54, 1.807) is 0 Å². The first-order chi connectivity index (χ1) is 9.88. The van der Waals surface area contributed by atoms with Gasteiger partial charge in [-0.3, -0.25) is 0 Å². The minimum absolute atomic E-state index is 0. The molecule has 3 N–H and O–H groups in total. The Morgan fingerprint density at radius 3 is 2.68 bits per heavy atom. The van der Waals surface area contributed by atoms with E-state index in [1.807, 2.05) is 0 Å². The van der Waals surface area contributed by atoms with Gasteiger partial charge < -0.3 is 15.8 Å². The maximum Gasteiger partial charge on any atom is 0.387 e. The second-order valence-corrected chi connectivity index (χ2v) is 5.38. The summed E-state index contributed by atoms with van der Waals surface area (Å²) >= 11 is 5.85. The van der Waals surface area contributed by atoms with E-state index in [2.05, 4.69) is 28.9 Å². The van der Waals surface area contributed by atoms with Crippen molar-refractivity contribution in [2.45, 2.75) is 33.4 Å². The molecule has 1 aromatic rings. The number of ether oxygens (including phenoxy) is 1. The van der Waals surface area contributed by atoms with Gasteiger partial charge in [-0.1, -0.05) is 25.4 Å². The first kappa shape index (κ1) is 21.2. The smallest absolute Gasteiger partial charge is 0.387 e. The zero-order valence-corrected chi connectivity index (χ0v) is 15.6. The SMILES string of the molecule is CC(C)CCNC(N)=NCc1cc(Cl)ccc1OC(F)F.I. The van der Waals surface area contributed by atoms with Crippen LogP contribution in [-0.2, 0) is 6.54 Å². The van der Waals surface area contributed by atoms with E-state index in [4.69, 9.17) is 17.3 Å². The summed E-state index contributed by atoms with van der Waals surface area (Å²) in [4.78, 5) is 4.10. The van der Waals surface area contributed by atoms with E-state index in [-0.39, 0.29) is 42.2 Å². The van der Waals surface area contributed by atoms with E-state index in [1.165, 1.54) is 18.2 Å². The monoisotopic (exact) mass is 447 g/mol. The standard InChI is InChI=1S/C14H20ClF2N3O.HI/c1-9(2)5-6-19-14(18)20-8-10-7-11(15)3-4-12(10)21-13(16)17;/h3-4,7,9,13H,5-6,8H2,1-2H3,(H3,18,19,20);1H. The van der Waals surface area contributed by atoms with Crippen LogP contribution >= 0.6 is 35.6 Å². The van der Waals surface area contributed by atoms with Crippen LogP contribution in [0.5, 0.6) is 5.75 Å². The summed E-state index contributed by atoms with van der Waals surface area (Å²) in [6.07, 6.45) is 0.965. The lowest BCUT2D eigenvalue weighted by molar-refractivity contribution is -0.0504. The lowest BCUT2D eigenvalue weighted by Gasteiger charge is -2.11. The van der Waals surface area contributed by atoms with Gasteiger partial charge in [-0.2, -0.15) is 8.78 Å². The van der Waals surface area contributed by atoms with Crippen molar-refractivity contribution in [3.63, 3.8) is 0 Å². The normalized spacial score (nSPS) is 11.5. The van der Waals surface area contributed by atoms with Crippen LogP contribution in [0.15, 0.2) is 23.2 Å². The Balaban J connectivity index is 0.00000441. The van der Waals surface area contributed by atoms with E-state index in [0.717, 1.165) is 6.42 Å². The molecule has 0 saturated carbocycles. The molecule has 0 fully saturated rings. The second-order valence-electron chi connectivity index (χ2n) is 4.94. The van der Waals surface area contributed by atoms with Crippen molar-refractivity contribution in [3.05, 3.63) is 28.8 Å². The molecule has 0 heterocycles. The van der Waals surface area contributed by atoms with Crippen LogP contribution in [0.3, 0.4) is 0 Å². The minimum Gasteiger partial charge on any atom is -0.434 e. The molecule has 0 aromatic heterocycles. The molecule has 0 unspecified atom stereocenters. The lowest BCUT2D eigenvalue weighted by atomic mass is 10.1. The highest BCUT2D eigenvalue weighted by Crippen LogP contribution is 2.25. The Labute approximate surface area is 151 Å². The molecule has 0 aliphatic rings. The molecular weight excluding hydrogens is 427 g/mol. The van der Waals surface area contributed by atoms with Gasteiger partial charge in [0, 0.05) is 17.1 Å². The quantitative estimate of drug-likeness (QED) is 0.377. The summed E-state index contributed by atoms with van der Waals surface area (Å²) in [5, 5.41) is 3.39. The highest BCUT2D eigenvalue weighted by atomic mass is 127. The Kier molecular flexibility index (Phi) is 10.4. The molecule has 126 valence electrons. The van der Waals surface area contributed by atoms with E-state index in [9.17, 15) is 8.78 Å². The van der Waals surface area contributed by atoms with Crippen molar-refractivity contribution < 1.29 is 13.5 Å². The third kappa shape index (κ3) is 8.57. The highest BCUT2D eigenvalue weighted by molar-refractivity contribution is 14.0. The van der Waals surface area contributed by atoms with Crippen molar-refractivity contribution in [1.82, 2.24) is 5.32 Å². The molecule has 1 aromatic carbocycles. The second kappa shape index (κ2) is 10.8. The first-order valence-electron chi connectivity index (χ1n) is 6.65. The molecule has 0 atom stereocenters. The molecule has 0 radical (unpaired) electrons. The topological polar surface area (TPSA) is 59.6 Å². The largest absolute Gasteiger partial charge is 0.434 e. The molecule has 1 rings (SSSR count). The van der Waals surface area contributed by atoms with Gasteiger partial charge in [0.1, 0.15) is 5.75 Å². The molecule has 0 spiro atoms. The first-order valence-corrected chi connectivity index (χ1v) is 7.03. The van der Waals surface area contributed by atoms with E-state index < -0.39 is 6.61 Å². The Morgan fingerprint density at radius 2 is 2.09 bits per heavy atom. The van der Waals surface area contributed by atoms with Crippen molar-refractivity contribution in [2.24, 2.45) is 16.6 Å². The summed E-state index contributed by atoms with van der Waals surface area (Å²) < 4.78 is 29.1. The summed E-state index contributed by atoms with van der Waals surface area (Å²) in [6, 6.07) is 4.41. The summed E-state index contributed by atoms with van der Waals surface area (Å²) in [5.74, 6) is 0.871. The maximum atomic E-state index is 12.3. The van der Waals surface area contributed by atoms with Crippen molar-refractivity contribution in [2.75, 3.05) is 6.54 Å². The Bertz CT molecular complexity index is 487. The van der Waals surface area contributed by atoms with Crippen molar-refractivity contribution in [3.8, 4) is 5.75 Å². The average molecular weight is 448 g/mol. The molecule has 0 aliphatic carbocycles. The van der Waals surface area contributed by atoms with E-state index in [0.29, 0.717) is 23.0 Å². The number of benzene rings is 1. The number of guanidine groups is 1. The Morgan fingerprint density at radius 1 is 1.41 bits per heavy atom. The number of nitrogens with zero attached hydrogens (tertiary/aromatic N) is 1. The Hall–Kier alpha value is -0.830. The maximum absolute atomic E-state index is 12.3. The number of nitrogens with one attached hydrogen (secondary N) is 1. The van der Waals surface area contributed by atoms with Gasteiger partial charge in [-0.25, -0.2) is 4.99 Å². The van der Waals surface area contributed by atoms with Gasteiger partial charge in [0.15, 0.2) is 5.96 Å². The van der Waals surface area contributed by atoms with Crippen LogP contribution in [0.2, 0.25) is 5.02 Å². The highest BCUT2D eigenvalue weighted by Gasteiger charge is 2.10. The van der Waals surface area contributed by atoms with Gasteiger partial charge in [0.2, 0.25) is 0 Å². The molecule has 0 bridgehead atoms. The van der Waals surface area contributed by atoms with E-state index >= 15 is 0 Å². The molecule has 8 heteroatoms. The van der Waals surface area contributed by atoms with Crippen LogP contribution in [0.25, 0.3) is 0 Å². The molecule has 0 amide bonds. The fourth-order valence-electron chi connectivity index (χ4n) is 1.60. The number of hydrogen-bond acceptors (Lipinski definition) is 2. The van der Waals surface area contributed by atoms with Crippen LogP contribution in [0.4, 0.5) is 8.78 Å². The molecule has 4 nitrogen and oxygen atoms in total. The van der Waals surface area contributed by atoms with Crippen LogP contribution in [0.1, 0.15) is 25.8 Å². The van der Waals surface area contributed by atoms with Crippen molar-refractivity contribution in [1.29, 1.82) is 0 Å². The van der Waals surface area contributed by atoms with Gasteiger partial charge in [-0.05, 0) is 30.5 Å². The predicted octanol–water partition coefficient (Wildman–Crippen LogP) is 4.01. The van der Waals surface area contributed by atoms with Gasteiger partial charge in [-0.15, -0.1) is 24.0 Å². The summed E-state index contributed by atoms with van der Waals surface area (Å²) in [7, 11) is 0. The van der Waals surface area contributed by atoms with Crippen LogP contribution in [-0.4, -0.2) is 19.1 Å². The fourth-order valence-corrected chi connectivity index (χ4v) is 1.79. The lowest BCUT2D eigenvalue weighted by Crippen LogP contribution is -2.32. The third-order valence-electron chi connectivity index (χ3n) is 2.69. The molecule has 22 heavy (non-hydrogen) atoms. The molecule has 0 aliphatic heterocycles. The zero-order valence-electron chi connectivity index (χ0n) is 12.5. The van der Waals surface area contributed by atoms with Crippen LogP contribution < -0.4 is 15.8 Å². The number of rotatable bonds is 7. The van der Waals surface area contributed by atoms with Crippen LogP contribution in [0, 0.1) is 5.92 Å². The number of nitrogens with two attached hydrogens (primary N) is 1. The fraction of sp³-hybridized carbons (Fsp3) is 0.500. The van der Waals surface area contributed by atoms with Gasteiger partial charge in [0.25, 0.3) is 0 Å². The summed E-state index contributed by atoms with van der Waals surface area (Å²) in [5.41, 5.74) is 6.17. The number of alkyl halides is 2. The number of aliphatic imine (C=N–C) groups is 1. The summed E-state index contributed by atoms with van der Waals surface area (Å²) in [6.45, 7) is 2.14. The minimum atomic E-state index is -2.89. The predicted molar refractivity (Wildman–Crippen MR) is 96.3 cm³/mol. The zero-order chi connectivity index (χ0) is 15.8. The van der Waals surface area contributed by atoms with Gasteiger partial charge in [0.05, 0.1) is 6.54 Å². The number of halogens is 4. The van der Waals surface area contributed by atoms with Gasteiger partial charge >= 0.3 is 6.61 Å². The molecule has 0 saturated heterocycles. The third-order valence-corrected chi connectivity index (χ3v) is 2.92.